The monoisotopic (exact) mass is 305 g/mol. The van der Waals surface area contributed by atoms with Gasteiger partial charge in [-0.2, -0.15) is 0 Å². The highest BCUT2D eigenvalue weighted by molar-refractivity contribution is 6.31. The first-order chi connectivity index (χ1) is 9.72. The van der Waals surface area contributed by atoms with Gasteiger partial charge in [0, 0.05) is 11.2 Å². The molecule has 0 aliphatic heterocycles. The van der Waals surface area contributed by atoms with E-state index in [-0.39, 0.29) is 6.04 Å². The molecule has 102 valence electrons. The molecule has 0 saturated carbocycles. The zero-order valence-electron chi connectivity index (χ0n) is 10.9. The van der Waals surface area contributed by atoms with Crippen LogP contribution in [0.2, 0.25) is 5.02 Å². The molecule has 5 heteroatoms. The summed E-state index contributed by atoms with van der Waals surface area (Å²) in [5.74, 6) is 1.14. The van der Waals surface area contributed by atoms with Crippen LogP contribution >= 0.6 is 23.2 Å². The number of imidazole rings is 1. The standard InChI is InChI=1S/C15H13Cl2N3/c1-10(11-5-2-3-6-12(11)17)20-14(9-16)19-13-7-4-8-18-15(13)20/h2-8,10H,9H2,1H3. The molecule has 3 nitrogen and oxygen atoms in total. The lowest BCUT2D eigenvalue weighted by molar-refractivity contribution is 0.629. The van der Waals surface area contributed by atoms with Crippen molar-refractivity contribution in [2.75, 3.05) is 0 Å². The maximum absolute atomic E-state index is 6.30. The van der Waals surface area contributed by atoms with Crippen molar-refractivity contribution >= 4 is 34.4 Å². The molecule has 3 aromatic rings. The van der Waals surface area contributed by atoms with Crippen LogP contribution in [0, 0.1) is 0 Å². The molecule has 2 aromatic heterocycles. The molecule has 0 aliphatic rings. The molecular formula is C15H13Cl2N3. The number of alkyl halides is 1. The Morgan fingerprint density at radius 3 is 2.75 bits per heavy atom. The van der Waals surface area contributed by atoms with E-state index in [2.05, 4.69) is 16.9 Å². The fourth-order valence-corrected chi connectivity index (χ4v) is 2.91. The number of rotatable bonds is 3. The van der Waals surface area contributed by atoms with Crippen molar-refractivity contribution in [1.29, 1.82) is 0 Å². The predicted octanol–water partition coefficient (Wildman–Crippen LogP) is 4.43. The molecule has 0 aliphatic carbocycles. The summed E-state index contributed by atoms with van der Waals surface area (Å²) in [6.07, 6.45) is 1.76. The largest absolute Gasteiger partial charge is 0.304 e. The van der Waals surface area contributed by atoms with Crippen molar-refractivity contribution in [3.8, 4) is 0 Å². The normalized spacial score (nSPS) is 12.8. The molecule has 1 aromatic carbocycles. The van der Waals surface area contributed by atoms with Crippen molar-refractivity contribution < 1.29 is 0 Å². The Labute approximate surface area is 127 Å². The van der Waals surface area contributed by atoms with Crippen LogP contribution in [0.25, 0.3) is 11.2 Å². The minimum absolute atomic E-state index is 0.0253. The van der Waals surface area contributed by atoms with E-state index < -0.39 is 0 Å². The highest BCUT2D eigenvalue weighted by Crippen LogP contribution is 2.29. The smallest absolute Gasteiger partial charge is 0.160 e. The van der Waals surface area contributed by atoms with E-state index in [0.29, 0.717) is 5.88 Å². The Morgan fingerprint density at radius 1 is 1.20 bits per heavy atom. The van der Waals surface area contributed by atoms with E-state index >= 15 is 0 Å². The van der Waals surface area contributed by atoms with Gasteiger partial charge in [0.25, 0.3) is 0 Å². The lowest BCUT2D eigenvalue weighted by atomic mass is 10.1. The summed E-state index contributed by atoms with van der Waals surface area (Å²) >= 11 is 12.3. The number of hydrogen-bond donors (Lipinski definition) is 0. The summed E-state index contributed by atoms with van der Waals surface area (Å²) in [6, 6.07) is 11.6. The zero-order valence-corrected chi connectivity index (χ0v) is 12.4. The van der Waals surface area contributed by atoms with Gasteiger partial charge < -0.3 is 4.57 Å². The number of hydrogen-bond acceptors (Lipinski definition) is 2. The highest BCUT2D eigenvalue weighted by atomic mass is 35.5. The minimum Gasteiger partial charge on any atom is -0.304 e. The van der Waals surface area contributed by atoms with Crippen LogP contribution in [0.15, 0.2) is 42.6 Å². The first kappa shape index (κ1) is 13.4. The molecule has 0 spiro atoms. The fraction of sp³-hybridized carbons (Fsp3) is 0.200. The molecule has 0 bridgehead atoms. The number of fused-ring (bicyclic) bond motifs is 1. The van der Waals surface area contributed by atoms with Gasteiger partial charge in [-0.3, -0.25) is 0 Å². The maximum Gasteiger partial charge on any atom is 0.160 e. The molecule has 3 rings (SSSR count). The van der Waals surface area contributed by atoms with Crippen LogP contribution in [0.5, 0.6) is 0 Å². The van der Waals surface area contributed by atoms with Crippen LogP contribution in [0.3, 0.4) is 0 Å². The molecule has 1 unspecified atom stereocenters. The van der Waals surface area contributed by atoms with Crippen molar-refractivity contribution in [2.45, 2.75) is 18.8 Å². The number of benzene rings is 1. The maximum atomic E-state index is 6.30. The number of halogens is 2. The minimum atomic E-state index is 0.0253. The molecular weight excluding hydrogens is 293 g/mol. The Hall–Kier alpha value is -1.58. The Kier molecular flexibility index (Phi) is 3.64. The van der Waals surface area contributed by atoms with E-state index in [1.807, 2.05) is 41.0 Å². The van der Waals surface area contributed by atoms with Gasteiger partial charge in [0.15, 0.2) is 5.65 Å². The summed E-state index contributed by atoms with van der Waals surface area (Å²) in [7, 11) is 0. The summed E-state index contributed by atoms with van der Waals surface area (Å²) in [4.78, 5) is 8.96. The van der Waals surface area contributed by atoms with E-state index in [1.165, 1.54) is 0 Å². The van der Waals surface area contributed by atoms with E-state index in [9.17, 15) is 0 Å². The molecule has 0 N–H and O–H groups in total. The summed E-state index contributed by atoms with van der Waals surface area (Å²) in [5, 5.41) is 0.735. The van der Waals surface area contributed by atoms with Gasteiger partial charge in [-0.05, 0) is 30.7 Å². The first-order valence-corrected chi connectivity index (χ1v) is 7.26. The molecule has 0 amide bonds. The molecule has 1 atom stereocenters. The molecule has 0 fully saturated rings. The van der Waals surface area contributed by atoms with Crippen LogP contribution < -0.4 is 0 Å². The quantitative estimate of drug-likeness (QED) is 0.670. The van der Waals surface area contributed by atoms with E-state index in [1.54, 1.807) is 6.20 Å². The zero-order chi connectivity index (χ0) is 14.1. The molecule has 0 radical (unpaired) electrons. The van der Waals surface area contributed by atoms with Gasteiger partial charge in [0.05, 0.1) is 11.9 Å². The topological polar surface area (TPSA) is 30.7 Å². The van der Waals surface area contributed by atoms with E-state index in [4.69, 9.17) is 23.2 Å². The average molecular weight is 306 g/mol. The van der Waals surface area contributed by atoms with Crippen molar-refractivity contribution in [1.82, 2.24) is 14.5 Å². The lowest BCUT2D eigenvalue weighted by Crippen LogP contribution is -2.11. The van der Waals surface area contributed by atoms with Crippen LogP contribution in [-0.2, 0) is 5.88 Å². The highest BCUT2D eigenvalue weighted by Gasteiger charge is 2.18. The number of pyridine rings is 1. The summed E-state index contributed by atoms with van der Waals surface area (Å²) < 4.78 is 2.05. The van der Waals surface area contributed by atoms with Crippen LogP contribution in [-0.4, -0.2) is 14.5 Å². The van der Waals surface area contributed by atoms with Gasteiger partial charge in [0.1, 0.15) is 11.3 Å². The second-order valence-corrected chi connectivity index (χ2v) is 5.25. The third kappa shape index (κ3) is 2.17. The Morgan fingerprint density at radius 2 is 2.00 bits per heavy atom. The van der Waals surface area contributed by atoms with Crippen LogP contribution in [0.1, 0.15) is 24.4 Å². The first-order valence-electron chi connectivity index (χ1n) is 6.34. The Bertz CT molecular complexity index is 752. The van der Waals surface area contributed by atoms with Crippen molar-refractivity contribution in [3.63, 3.8) is 0 Å². The molecule has 20 heavy (non-hydrogen) atoms. The second kappa shape index (κ2) is 5.43. The number of aromatic nitrogens is 3. The van der Waals surface area contributed by atoms with Gasteiger partial charge in [-0.1, -0.05) is 29.8 Å². The SMILES string of the molecule is CC(c1ccccc1Cl)n1c(CCl)nc2cccnc21. The lowest BCUT2D eigenvalue weighted by Gasteiger charge is -2.18. The van der Waals surface area contributed by atoms with Gasteiger partial charge in [-0.15, -0.1) is 11.6 Å². The van der Waals surface area contributed by atoms with Gasteiger partial charge in [0.2, 0.25) is 0 Å². The molecule has 0 saturated heterocycles. The van der Waals surface area contributed by atoms with Gasteiger partial charge in [-0.25, -0.2) is 9.97 Å². The van der Waals surface area contributed by atoms with Gasteiger partial charge >= 0.3 is 0 Å². The van der Waals surface area contributed by atoms with Crippen molar-refractivity contribution in [2.24, 2.45) is 0 Å². The molecule has 2 heterocycles. The van der Waals surface area contributed by atoms with Crippen LogP contribution in [0.4, 0.5) is 0 Å². The average Bonchev–Trinajstić information content (AvgIpc) is 2.85. The fourth-order valence-electron chi connectivity index (χ4n) is 2.43. The summed E-state index contributed by atoms with van der Waals surface area (Å²) in [6.45, 7) is 2.08. The number of nitrogens with zero attached hydrogens (tertiary/aromatic N) is 3. The third-order valence-electron chi connectivity index (χ3n) is 3.38. The predicted molar refractivity (Wildman–Crippen MR) is 82.4 cm³/mol. The third-order valence-corrected chi connectivity index (χ3v) is 3.97. The second-order valence-electron chi connectivity index (χ2n) is 4.58. The summed E-state index contributed by atoms with van der Waals surface area (Å²) in [5.41, 5.74) is 2.71. The van der Waals surface area contributed by atoms with E-state index in [0.717, 1.165) is 27.6 Å². The Balaban J connectivity index is 2.21. The van der Waals surface area contributed by atoms with Crippen molar-refractivity contribution in [3.05, 3.63) is 59.0 Å².